The Morgan fingerprint density at radius 1 is 1.53 bits per heavy atom. The van der Waals surface area contributed by atoms with E-state index in [9.17, 15) is 5.11 Å². The number of aliphatic hydroxyl groups is 1. The van der Waals surface area contributed by atoms with Crippen LogP contribution in [0.3, 0.4) is 0 Å². The van der Waals surface area contributed by atoms with Gasteiger partial charge in [-0.15, -0.1) is 0 Å². The van der Waals surface area contributed by atoms with Crippen molar-refractivity contribution < 1.29 is 9.84 Å². The van der Waals surface area contributed by atoms with Crippen LogP contribution >= 0.6 is 0 Å². The summed E-state index contributed by atoms with van der Waals surface area (Å²) in [6, 6.07) is 1.99. The summed E-state index contributed by atoms with van der Waals surface area (Å²) >= 11 is 0. The van der Waals surface area contributed by atoms with Crippen LogP contribution in [0.15, 0.2) is 18.6 Å². The third-order valence-electron chi connectivity index (χ3n) is 3.68. The normalized spacial score (nSPS) is 27.0. The fourth-order valence-electron chi connectivity index (χ4n) is 2.75. The van der Waals surface area contributed by atoms with Crippen molar-refractivity contribution in [3.05, 3.63) is 18.6 Å². The third kappa shape index (κ3) is 1.97. The molecule has 1 fully saturated rings. The molecule has 3 heterocycles. The number of rotatable bonds is 3. The molecule has 0 aromatic carbocycles. The highest BCUT2D eigenvalue weighted by molar-refractivity contribution is 5.87. The fraction of sp³-hybridized carbons (Fsp3) is 0.538. The molecule has 0 bridgehead atoms. The molecule has 0 saturated carbocycles. The molecule has 6 nitrogen and oxygen atoms in total. The van der Waals surface area contributed by atoms with Gasteiger partial charge in [0, 0.05) is 19.2 Å². The Kier molecular flexibility index (Phi) is 3.12. The lowest BCUT2D eigenvalue weighted by atomic mass is 10.1. The van der Waals surface area contributed by atoms with Gasteiger partial charge < -0.3 is 19.7 Å². The van der Waals surface area contributed by atoms with Crippen LogP contribution in [0, 0.1) is 5.92 Å². The molecule has 102 valence electrons. The number of hydrogen-bond donors (Lipinski definition) is 2. The molecule has 0 aliphatic carbocycles. The van der Waals surface area contributed by atoms with Crippen LogP contribution in [0.5, 0.6) is 0 Å². The third-order valence-corrected chi connectivity index (χ3v) is 3.68. The number of fused-ring (bicyclic) bond motifs is 1. The number of nitrogens with one attached hydrogen (secondary N) is 1. The van der Waals surface area contributed by atoms with Crippen LogP contribution in [-0.4, -0.2) is 39.4 Å². The van der Waals surface area contributed by atoms with Crippen molar-refractivity contribution >= 4 is 16.9 Å². The minimum Gasteiger partial charge on any atom is -0.394 e. The van der Waals surface area contributed by atoms with Crippen molar-refractivity contribution in [1.29, 1.82) is 0 Å². The zero-order valence-corrected chi connectivity index (χ0v) is 11.1. The summed E-state index contributed by atoms with van der Waals surface area (Å²) in [5.74, 6) is 1.16. The van der Waals surface area contributed by atoms with Gasteiger partial charge in [-0.2, -0.15) is 0 Å². The van der Waals surface area contributed by atoms with Crippen LogP contribution in [0.1, 0.15) is 19.6 Å². The molecular weight excluding hydrogens is 244 g/mol. The second-order valence-corrected chi connectivity index (χ2v) is 4.98. The van der Waals surface area contributed by atoms with Crippen molar-refractivity contribution in [1.82, 2.24) is 14.5 Å². The average molecular weight is 262 g/mol. The Hall–Kier alpha value is -1.66. The van der Waals surface area contributed by atoms with E-state index in [0.29, 0.717) is 5.92 Å². The van der Waals surface area contributed by atoms with Gasteiger partial charge in [0.1, 0.15) is 24.0 Å². The van der Waals surface area contributed by atoms with E-state index >= 15 is 0 Å². The number of anilines is 1. The van der Waals surface area contributed by atoms with E-state index in [1.165, 1.54) is 0 Å². The lowest BCUT2D eigenvalue weighted by Gasteiger charge is -2.18. The maximum absolute atomic E-state index is 9.22. The number of aliphatic hydroxyl groups excluding tert-OH is 1. The van der Waals surface area contributed by atoms with Gasteiger partial charge in [-0.25, -0.2) is 9.97 Å². The van der Waals surface area contributed by atoms with Crippen LogP contribution in [-0.2, 0) is 4.74 Å². The maximum Gasteiger partial charge on any atom is 0.147 e. The molecular formula is C13H18N4O2. The summed E-state index contributed by atoms with van der Waals surface area (Å²) in [6.45, 7) is 2.20. The number of aromatic nitrogens is 3. The van der Waals surface area contributed by atoms with Gasteiger partial charge in [0.15, 0.2) is 0 Å². The van der Waals surface area contributed by atoms with Crippen LogP contribution in [0.2, 0.25) is 0 Å². The summed E-state index contributed by atoms with van der Waals surface area (Å²) in [5.41, 5.74) is 0.856. The van der Waals surface area contributed by atoms with Crippen molar-refractivity contribution in [2.75, 3.05) is 19.0 Å². The van der Waals surface area contributed by atoms with Crippen LogP contribution in [0.4, 0.5) is 5.82 Å². The van der Waals surface area contributed by atoms with Crippen LogP contribution in [0.25, 0.3) is 11.0 Å². The molecule has 2 aromatic rings. The lowest BCUT2D eigenvalue weighted by Crippen LogP contribution is -2.15. The number of nitrogens with zero attached hydrogens (tertiary/aromatic N) is 3. The maximum atomic E-state index is 9.22. The minimum atomic E-state index is -0.0805. The highest BCUT2D eigenvalue weighted by Crippen LogP contribution is 2.36. The van der Waals surface area contributed by atoms with Gasteiger partial charge >= 0.3 is 0 Å². The van der Waals surface area contributed by atoms with E-state index in [2.05, 4.69) is 22.2 Å². The molecule has 1 aliphatic rings. The molecule has 1 saturated heterocycles. The minimum absolute atomic E-state index is 0.0663. The zero-order valence-electron chi connectivity index (χ0n) is 11.1. The van der Waals surface area contributed by atoms with Gasteiger partial charge in [-0.05, 0) is 12.5 Å². The molecule has 19 heavy (non-hydrogen) atoms. The standard InChI is InChI=1S/C13H18N4O2/c1-8-5-9(6-18)19-13(8)17-4-3-10-11(14-2)15-7-16-12(10)17/h3-4,7-9,13,18H,5-6H2,1-2H3,(H,14,15,16)/t8-,9-,13+/m0/s1. The molecule has 0 radical (unpaired) electrons. The largest absolute Gasteiger partial charge is 0.394 e. The molecule has 2 N–H and O–H groups in total. The zero-order chi connectivity index (χ0) is 13.4. The Bertz CT molecular complexity index is 583. The predicted octanol–water partition coefficient (Wildman–Crippen LogP) is 1.39. The van der Waals surface area contributed by atoms with Crippen molar-refractivity contribution in [2.24, 2.45) is 5.92 Å². The van der Waals surface area contributed by atoms with E-state index in [1.807, 2.05) is 23.9 Å². The Morgan fingerprint density at radius 3 is 3.05 bits per heavy atom. The monoisotopic (exact) mass is 262 g/mol. The summed E-state index contributed by atoms with van der Waals surface area (Å²) in [6.07, 6.45) is 4.23. The molecule has 0 amide bonds. The topological polar surface area (TPSA) is 72.2 Å². The van der Waals surface area contributed by atoms with Crippen LogP contribution < -0.4 is 5.32 Å². The quantitative estimate of drug-likeness (QED) is 0.874. The van der Waals surface area contributed by atoms with E-state index in [0.717, 1.165) is 23.3 Å². The molecule has 0 unspecified atom stereocenters. The molecule has 0 spiro atoms. The van der Waals surface area contributed by atoms with Gasteiger partial charge in [-0.3, -0.25) is 0 Å². The van der Waals surface area contributed by atoms with Gasteiger partial charge in [0.2, 0.25) is 0 Å². The van der Waals surface area contributed by atoms with Crippen molar-refractivity contribution in [3.8, 4) is 0 Å². The number of ether oxygens (including phenoxy) is 1. The van der Waals surface area contributed by atoms with E-state index < -0.39 is 0 Å². The van der Waals surface area contributed by atoms with Gasteiger partial charge in [0.25, 0.3) is 0 Å². The molecule has 2 aromatic heterocycles. The Balaban J connectivity index is 2.02. The highest BCUT2D eigenvalue weighted by Gasteiger charge is 2.33. The van der Waals surface area contributed by atoms with Crippen molar-refractivity contribution in [2.45, 2.75) is 25.7 Å². The van der Waals surface area contributed by atoms with E-state index in [1.54, 1.807) is 6.33 Å². The van der Waals surface area contributed by atoms with E-state index in [-0.39, 0.29) is 18.9 Å². The predicted molar refractivity (Wildman–Crippen MR) is 71.9 cm³/mol. The summed E-state index contributed by atoms with van der Waals surface area (Å²) in [5, 5.41) is 13.3. The second-order valence-electron chi connectivity index (χ2n) is 4.98. The van der Waals surface area contributed by atoms with Gasteiger partial charge in [-0.1, -0.05) is 6.92 Å². The van der Waals surface area contributed by atoms with Gasteiger partial charge in [0.05, 0.1) is 18.1 Å². The van der Waals surface area contributed by atoms with Crippen molar-refractivity contribution in [3.63, 3.8) is 0 Å². The van der Waals surface area contributed by atoms with E-state index in [4.69, 9.17) is 4.74 Å². The smallest absolute Gasteiger partial charge is 0.147 e. The SMILES string of the molecule is CNc1ncnc2c1ccn2[C@@H]1O[C@H](CO)C[C@@H]1C. The molecule has 3 atom stereocenters. The second kappa shape index (κ2) is 4.79. The first-order chi connectivity index (χ1) is 9.24. The Labute approximate surface area is 111 Å². The number of hydrogen-bond acceptors (Lipinski definition) is 5. The fourth-order valence-corrected chi connectivity index (χ4v) is 2.75. The average Bonchev–Trinajstić information content (AvgIpc) is 3.01. The summed E-state index contributed by atoms with van der Waals surface area (Å²) in [4.78, 5) is 8.55. The summed E-state index contributed by atoms with van der Waals surface area (Å²) < 4.78 is 7.91. The molecule has 3 rings (SSSR count). The summed E-state index contributed by atoms with van der Waals surface area (Å²) in [7, 11) is 1.84. The lowest BCUT2D eigenvalue weighted by molar-refractivity contribution is -0.0291. The Morgan fingerprint density at radius 2 is 2.37 bits per heavy atom. The first-order valence-corrected chi connectivity index (χ1v) is 6.50. The first-order valence-electron chi connectivity index (χ1n) is 6.50. The molecule has 6 heteroatoms. The molecule has 1 aliphatic heterocycles. The first kappa shape index (κ1) is 12.4. The highest BCUT2D eigenvalue weighted by atomic mass is 16.5.